The first-order valence-electron chi connectivity index (χ1n) is 6.59. The number of ether oxygens (including phenoxy) is 1. The fraction of sp³-hybridized carbons (Fsp3) is 0.357. The molecular weight excluding hydrogens is 294 g/mol. The van der Waals surface area contributed by atoms with E-state index in [1.165, 1.54) is 0 Å². The van der Waals surface area contributed by atoms with Crippen LogP contribution < -0.4 is 10.1 Å². The van der Waals surface area contributed by atoms with E-state index >= 15 is 0 Å². The summed E-state index contributed by atoms with van der Waals surface area (Å²) in [5, 5.41) is 6.79. The maximum Gasteiger partial charge on any atom is 0.251 e. The third kappa shape index (κ3) is 3.00. The number of nitrogens with zero attached hydrogens (tertiary/aromatic N) is 2. The molecule has 3 rings (SSSR count). The molecule has 1 amide bonds. The molecule has 0 saturated heterocycles. The first-order chi connectivity index (χ1) is 10.2. The number of aromatic nitrogens is 2. The van der Waals surface area contributed by atoms with Crippen molar-refractivity contribution >= 4 is 17.5 Å². The van der Waals surface area contributed by atoms with Crippen LogP contribution in [0.25, 0.3) is 11.4 Å². The number of amides is 1. The van der Waals surface area contributed by atoms with E-state index in [2.05, 4.69) is 15.5 Å². The molecule has 1 aliphatic carbocycles. The number of carbonyl (C=O) groups is 1. The Morgan fingerprint density at radius 3 is 2.95 bits per heavy atom. The molecule has 0 atom stereocenters. The second-order valence-corrected chi connectivity index (χ2v) is 5.08. The molecule has 0 aliphatic heterocycles. The highest BCUT2D eigenvalue weighted by Gasteiger charge is 2.24. The van der Waals surface area contributed by atoms with Gasteiger partial charge < -0.3 is 14.6 Å². The summed E-state index contributed by atoms with van der Waals surface area (Å²) in [7, 11) is 1.55. The minimum Gasteiger partial charge on any atom is -0.496 e. The summed E-state index contributed by atoms with van der Waals surface area (Å²) >= 11 is 5.66. The summed E-state index contributed by atoms with van der Waals surface area (Å²) in [4.78, 5) is 16.3. The lowest BCUT2D eigenvalue weighted by molar-refractivity contribution is 0.0951. The van der Waals surface area contributed by atoms with E-state index in [0.29, 0.717) is 34.6 Å². The third-order valence-electron chi connectivity index (χ3n) is 3.20. The van der Waals surface area contributed by atoms with Gasteiger partial charge in [-0.25, -0.2) is 0 Å². The van der Waals surface area contributed by atoms with Gasteiger partial charge in [-0.3, -0.25) is 4.79 Å². The summed E-state index contributed by atoms with van der Waals surface area (Å²) in [6, 6.07) is 5.42. The Balaban J connectivity index is 1.94. The molecule has 1 aliphatic rings. The van der Waals surface area contributed by atoms with Crippen LogP contribution in [0.4, 0.5) is 0 Å². The van der Waals surface area contributed by atoms with Crippen LogP contribution in [0.5, 0.6) is 5.75 Å². The Hall–Kier alpha value is -2.08. The normalized spacial score (nSPS) is 14.0. The molecule has 1 aromatic heterocycles. The Bertz CT molecular complexity index is 667. The standard InChI is InChI=1S/C14H14ClN3O3/c1-20-11-5-2-8(14(19)16-9-3-4-9)6-10(11)13-17-12(7-15)21-18-13/h2,5-6,9H,3-4,7H2,1H3,(H,16,19). The molecule has 0 bridgehead atoms. The number of halogens is 1. The average molecular weight is 308 g/mol. The van der Waals surface area contributed by atoms with Crippen molar-refractivity contribution in [3.05, 3.63) is 29.7 Å². The molecule has 7 heteroatoms. The number of alkyl halides is 1. The minimum atomic E-state index is -0.109. The number of rotatable bonds is 5. The Morgan fingerprint density at radius 1 is 1.52 bits per heavy atom. The first kappa shape index (κ1) is 13.9. The van der Waals surface area contributed by atoms with E-state index in [1.807, 2.05) is 0 Å². The van der Waals surface area contributed by atoms with E-state index in [4.69, 9.17) is 20.9 Å². The van der Waals surface area contributed by atoms with Gasteiger partial charge in [-0.2, -0.15) is 4.98 Å². The van der Waals surface area contributed by atoms with Crippen molar-refractivity contribution in [3.8, 4) is 17.1 Å². The van der Waals surface area contributed by atoms with Gasteiger partial charge in [-0.05, 0) is 31.0 Å². The lowest BCUT2D eigenvalue weighted by Gasteiger charge is -2.08. The Morgan fingerprint density at radius 2 is 2.33 bits per heavy atom. The van der Waals surface area contributed by atoms with Crippen LogP contribution in [0, 0.1) is 0 Å². The van der Waals surface area contributed by atoms with Gasteiger partial charge in [0.2, 0.25) is 11.7 Å². The largest absolute Gasteiger partial charge is 0.496 e. The molecule has 1 N–H and O–H groups in total. The van der Waals surface area contributed by atoms with Crippen LogP contribution in [0.2, 0.25) is 0 Å². The SMILES string of the molecule is COc1ccc(C(=O)NC2CC2)cc1-c1noc(CCl)n1. The molecule has 21 heavy (non-hydrogen) atoms. The molecule has 1 aromatic carbocycles. The summed E-state index contributed by atoms with van der Waals surface area (Å²) in [5.74, 6) is 1.27. The zero-order valence-corrected chi connectivity index (χ0v) is 12.2. The van der Waals surface area contributed by atoms with Gasteiger partial charge in [-0.15, -0.1) is 11.6 Å². The number of methoxy groups -OCH3 is 1. The quantitative estimate of drug-likeness (QED) is 0.858. The molecule has 110 valence electrons. The molecule has 1 fully saturated rings. The van der Waals surface area contributed by atoms with Crippen LogP contribution in [-0.4, -0.2) is 29.2 Å². The van der Waals surface area contributed by atoms with Crippen LogP contribution in [0.15, 0.2) is 22.7 Å². The fourth-order valence-corrected chi connectivity index (χ4v) is 2.05. The molecule has 1 saturated carbocycles. The number of benzene rings is 1. The van der Waals surface area contributed by atoms with E-state index in [1.54, 1.807) is 25.3 Å². The molecule has 1 heterocycles. The highest BCUT2D eigenvalue weighted by atomic mass is 35.5. The maximum absolute atomic E-state index is 12.1. The summed E-state index contributed by atoms with van der Waals surface area (Å²) in [5.41, 5.74) is 1.14. The molecule has 2 aromatic rings. The van der Waals surface area contributed by atoms with E-state index in [-0.39, 0.29) is 11.8 Å². The Labute approximate surface area is 126 Å². The summed E-state index contributed by atoms with van der Waals surface area (Å²) in [6.45, 7) is 0. The number of nitrogens with one attached hydrogen (secondary N) is 1. The van der Waals surface area contributed by atoms with Gasteiger partial charge in [-0.1, -0.05) is 5.16 Å². The van der Waals surface area contributed by atoms with Crippen molar-refractivity contribution in [2.24, 2.45) is 0 Å². The zero-order chi connectivity index (χ0) is 14.8. The van der Waals surface area contributed by atoms with Gasteiger partial charge in [0, 0.05) is 11.6 Å². The smallest absolute Gasteiger partial charge is 0.251 e. The van der Waals surface area contributed by atoms with Gasteiger partial charge in [0.15, 0.2) is 0 Å². The lowest BCUT2D eigenvalue weighted by Crippen LogP contribution is -2.25. The fourth-order valence-electron chi connectivity index (χ4n) is 1.94. The van der Waals surface area contributed by atoms with Crippen LogP contribution in [0.1, 0.15) is 29.1 Å². The van der Waals surface area contributed by atoms with Crippen molar-refractivity contribution in [1.82, 2.24) is 15.5 Å². The monoisotopic (exact) mass is 307 g/mol. The van der Waals surface area contributed by atoms with E-state index in [0.717, 1.165) is 12.8 Å². The molecule has 0 spiro atoms. The highest BCUT2D eigenvalue weighted by molar-refractivity contribution is 6.16. The maximum atomic E-state index is 12.1. The number of carbonyl (C=O) groups excluding carboxylic acids is 1. The van der Waals surface area contributed by atoms with Gasteiger partial charge in [0.1, 0.15) is 11.6 Å². The highest BCUT2D eigenvalue weighted by Crippen LogP contribution is 2.29. The summed E-state index contributed by atoms with van der Waals surface area (Å²) in [6.07, 6.45) is 2.08. The third-order valence-corrected chi connectivity index (χ3v) is 3.43. The van der Waals surface area contributed by atoms with Crippen molar-refractivity contribution in [1.29, 1.82) is 0 Å². The van der Waals surface area contributed by atoms with Crippen molar-refractivity contribution in [2.45, 2.75) is 24.8 Å². The number of hydrogen-bond donors (Lipinski definition) is 1. The Kier molecular flexibility index (Phi) is 3.79. The molecular formula is C14H14ClN3O3. The van der Waals surface area contributed by atoms with Crippen LogP contribution >= 0.6 is 11.6 Å². The molecule has 6 nitrogen and oxygen atoms in total. The van der Waals surface area contributed by atoms with Crippen molar-refractivity contribution < 1.29 is 14.1 Å². The predicted molar refractivity (Wildman–Crippen MR) is 76.3 cm³/mol. The average Bonchev–Trinajstić information content (AvgIpc) is 3.19. The first-order valence-corrected chi connectivity index (χ1v) is 7.12. The van der Waals surface area contributed by atoms with Crippen molar-refractivity contribution in [2.75, 3.05) is 7.11 Å². The van der Waals surface area contributed by atoms with E-state index in [9.17, 15) is 4.79 Å². The second kappa shape index (κ2) is 5.73. The second-order valence-electron chi connectivity index (χ2n) is 4.81. The molecule has 0 unspecified atom stereocenters. The van der Waals surface area contributed by atoms with Crippen molar-refractivity contribution in [3.63, 3.8) is 0 Å². The minimum absolute atomic E-state index is 0.109. The predicted octanol–water partition coefficient (Wildman–Crippen LogP) is 2.38. The molecule has 0 radical (unpaired) electrons. The summed E-state index contributed by atoms with van der Waals surface area (Å²) < 4.78 is 10.3. The lowest BCUT2D eigenvalue weighted by atomic mass is 10.1. The van der Waals surface area contributed by atoms with Gasteiger partial charge >= 0.3 is 0 Å². The van der Waals surface area contributed by atoms with Gasteiger partial charge in [0.05, 0.1) is 12.7 Å². The topological polar surface area (TPSA) is 77.2 Å². The zero-order valence-electron chi connectivity index (χ0n) is 11.4. The van der Waals surface area contributed by atoms with Crippen LogP contribution in [-0.2, 0) is 5.88 Å². The number of hydrogen-bond acceptors (Lipinski definition) is 5. The van der Waals surface area contributed by atoms with Gasteiger partial charge in [0.25, 0.3) is 5.91 Å². The van der Waals surface area contributed by atoms with Crippen LogP contribution in [0.3, 0.4) is 0 Å². The van der Waals surface area contributed by atoms with E-state index < -0.39 is 0 Å².